The highest BCUT2D eigenvalue weighted by Gasteiger charge is 2.10. The van der Waals surface area contributed by atoms with Crippen molar-refractivity contribution in [2.45, 2.75) is 0 Å². The van der Waals surface area contributed by atoms with Crippen molar-refractivity contribution in [3.8, 4) is 17.2 Å². The summed E-state index contributed by atoms with van der Waals surface area (Å²) in [7, 11) is 0. The average Bonchev–Trinajstić information content (AvgIpc) is 3.34. The molecule has 2 N–H and O–H groups in total. The summed E-state index contributed by atoms with van der Waals surface area (Å²) in [6, 6.07) is 25.2. The molecule has 7 nitrogen and oxygen atoms in total. The van der Waals surface area contributed by atoms with Crippen LogP contribution in [0, 0.1) is 0 Å². The van der Waals surface area contributed by atoms with Crippen molar-refractivity contribution in [2.24, 2.45) is 0 Å². The predicted molar refractivity (Wildman–Crippen MR) is 117 cm³/mol. The Labute approximate surface area is 179 Å². The molecule has 0 fully saturated rings. The topological polar surface area (TPSA) is 85.3 Å². The van der Waals surface area contributed by atoms with E-state index in [1.807, 2.05) is 54.7 Å². The molecule has 0 aliphatic carbocycles. The Morgan fingerprint density at radius 2 is 1.65 bits per heavy atom. The van der Waals surface area contributed by atoms with E-state index in [-0.39, 0.29) is 18.4 Å². The van der Waals surface area contributed by atoms with E-state index in [1.165, 1.54) is 0 Å². The Morgan fingerprint density at radius 3 is 2.39 bits per heavy atom. The fraction of sp³-hybridized carbons (Fsp3) is 0.0417. The Bertz CT molecular complexity index is 1160. The van der Waals surface area contributed by atoms with E-state index in [2.05, 4.69) is 15.7 Å². The minimum Gasteiger partial charge on any atom is -0.457 e. The van der Waals surface area contributed by atoms with Gasteiger partial charge in [-0.1, -0.05) is 24.3 Å². The van der Waals surface area contributed by atoms with Crippen LogP contribution < -0.4 is 15.4 Å². The first kappa shape index (κ1) is 19.9. The van der Waals surface area contributed by atoms with Crippen LogP contribution in [0.25, 0.3) is 5.69 Å². The zero-order valence-electron chi connectivity index (χ0n) is 16.6. The molecule has 3 aromatic carbocycles. The van der Waals surface area contributed by atoms with Crippen LogP contribution >= 0.6 is 0 Å². The maximum atomic E-state index is 12.4. The Kier molecular flexibility index (Phi) is 6.04. The Morgan fingerprint density at radius 1 is 0.871 bits per heavy atom. The van der Waals surface area contributed by atoms with Crippen molar-refractivity contribution in [1.82, 2.24) is 15.1 Å². The van der Waals surface area contributed by atoms with Crippen LogP contribution in [0.5, 0.6) is 11.5 Å². The third-order valence-electron chi connectivity index (χ3n) is 4.40. The van der Waals surface area contributed by atoms with E-state index in [1.54, 1.807) is 47.3 Å². The molecule has 0 saturated carbocycles. The largest absolute Gasteiger partial charge is 0.457 e. The molecule has 0 atom stereocenters. The summed E-state index contributed by atoms with van der Waals surface area (Å²) in [5, 5.41) is 9.54. The maximum absolute atomic E-state index is 12.4. The number of carbonyl (C=O) groups is 2. The molecule has 7 heteroatoms. The van der Waals surface area contributed by atoms with Crippen molar-refractivity contribution >= 4 is 17.5 Å². The van der Waals surface area contributed by atoms with Gasteiger partial charge in [-0.15, -0.1) is 0 Å². The van der Waals surface area contributed by atoms with Gasteiger partial charge in [-0.05, 0) is 60.7 Å². The van der Waals surface area contributed by atoms with Gasteiger partial charge in [0.05, 0.1) is 12.2 Å². The number of nitrogens with one attached hydrogen (secondary N) is 2. The number of carbonyl (C=O) groups excluding carboxylic acids is 2. The maximum Gasteiger partial charge on any atom is 0.251 e. The van der Waals surface area contributed by atoms with E-state index < -0.39 is 0 Å². The lowest BCUT2D eigenvalue weighted by atomic mass is 10.2. The van der Waals surface area contributed by atoms with Gasteiger partial charge in [0.1, 0.15) is 11.5 Å². The molecule has 0 saturated heterocycles. The highest BCUT2D eigenvalue weighted by Crippen LogP contribution is 2.21. The van der Waals surface area contributed by atoms with Crippen molar-refractivity contribution in [1.29, 1.82) is 0 Å². The molecule has 1 heterocycles. The number of amides is 2. The minimum absolute atomic E-state index is 0.149. The second-order valence-electron chi connectivity index (χ2n) is 6.67. The highest BCUT2D eigenvalue weighted by atomic mass is 16.5. The van der Waals surface area contributed by atoms with E-state index in [9.17, 15) is 9.59 Å². The normalized spacial score (nSPS) is 10.3. The van der Waals surface area contributed by atoms with Crippen LogP contribution in [-0.2, 0) is 4.79 Å². The van der Waals surface area contributed by atoms with Crippen LogP contribution in [0.15, 0.2) is 97.3 Å². The average molecular weight is 412 g/mol. The number of nitrogens with zero attached hydrogens (tertiary/aromatic N) is 2. The molecule has 0 bridgehead atoms. The molecule has 0 aliphatic heterocycles. The first-order valence-corrected chi connectivity index (χ1v) is 9.68. The molecular formula is C24H20N4O3. The number of ether oxygens (including phenoxy) is 1. The number of anilines is 1. The number of rotatable bonds is 7. The standard InChI is InChI=1S/C24H20N4O3/c29-23(27-19-10-12-20(13-11-19)28-15-5-14-26-28)17-25-24(30)18-6-4-9-22(16-18)31-21-7-2-1-3-8-21/h1-16H,17H2,(H,25,30)(H,27,29). The number of para-hydroxylation sites is 1. The molecule has 0 unspecified atom stereocenters. The van der Waals surface area contributed by atoms with Gasteiger partial charge >= 0.3 is 0 Å². The van der Waals surface area contributed by atoms with Gasteiger partial charge in [0.15, 0.2) is 0 Å². The van der Waals surface area contributed by atoms with Gasteiger partial charge in [-0.25, -0.2) is 4.68 Å². The van der Waals surface area contributed by atoms with Crippen molar-refractivity contribution in [3.63, 3.8) is 0 Å². The first-order valence-electron chi connectivity index (χ1n) is 9.68. The van der Waals surface area contributed by atoms with Crippen molar-refractivity contribution in [2.75, 3.05) is 11.9 Å². The molecule has 0 spiro atoms. The van der Waals surface area contributed by atoms with Crippen molar-refractivity contribution in [3.05, 3.63) is 103 Å². The lowest BCUT2D eigenvalue weighted by Gasteiger charge is -2.09. The zero-order valence-corrected chi connectivity index (χ0v) is 16.6. The highest BCUT2D eigenvalue weighted by molar-refractivity contribution is 5.99. The van der Waals surface area contributed by atoms with Gasteiger partial charge in [0, 0.05) is 23.6 Å². The molecule has 4 rings (SSSR count). The molecule has 0 radical (unpaired) electrons. The molecular weight excluding hydrogens is 392 g/mol. The van der Waals surface area contributed by atoms with E-state index in [0.29, 0.717) is 22.7 Å². The van der Waals surface area contributed by atoms with E-state index in [4.69, 9.17) is 4.74 Å². The van der Waals surface area contributed by atoms with Crippen molar-refractivity contribution < 1.29 is 14.3 Å². The lowest BCUT2D eigenvalue weighted by Crippen LogP contribution is -2.32. The molecule has 31 heavy (non-hydrogen) atoms. The summed E-state index contributed by atoms with van der Waals surface area (Å²) in [5.74, 6) is 0.540. The fourth-order valence-corrected chi connectivity index (χ4v) is 2.91. The van der Waals surface area contributed by atoms with Crippen LogP contribution in [0.4, 0.5) is 5.69 Å². The fourth-order valence-electron chi connectivity index (χ4n) is 2.91. The summed E-state index contributed by atoms with van der Waals surface area (Å²) in [4.78, 5) is 24.6. The lowest BCUT2D eigenvalue weighted by molar-refractivity contribution is -0.115. The van der Waals surface area contributed by atoms with Gasteiger partial charge in [0.25, 0.3) is 5.91 Å². The molecule has 2 amide bonds. The summed E-state index contributed by atoms with van der Waals surface area (Å²) in [6.45, 7) is -0.149. The summed E-state index contributed by atoms with van der Waals surface area (Å²) in [5.41, 5.74) is 1.92. The molecule has 1 aromatic heterocycles. The minimum atomic E-state index is -0.359. The zero-order chi connectivity index (χ0) is 21.5. The van der Waals surface area contributed by atoms with Gasteiger partial charge < -0.3 is 15.4 Å². The summed E-state index contributed by atoms with van der Waals surface area (Å²) in [6.07, 6.45) is 3.53. The second-order valence-corrected chi connectivity index (χ2v) is 6.67. The number of benzene rings is 3. The monoisotopic (exact) mass is 412 g/mol. The van der Waals surface area contributed by atoms with Crippen LogP contribution in [0.1, 0.15) is 10.4 Å². The number of hydrogen-bond acceptors (Lipinski definition) is 4. The third kappa shape index (κ3) is 5.36. The van der Waals surface area contributed by atoms with Gasteiger partial charge in [-0.2, -0.15) is 5.10 Å². The second kappa shape index (κ2) is 9.41. The van der Waals surface area contributed by atoms with Crippen LogP contribution in [-0.4, -0.2) is 28.1 Å². The number of aromatic nitrogens is 2. The van der Waals surface area contributed by atoms with Gasteiger partial charge in [-0.3, -0.25) is 9.59 Å². The summed E-state index contributed by atoms with van der Waals surface area (Å²) < 4.78 is 7.47. The predicted octanol–water partition coefficient (Wildman–Crippen LogP) is 4.03. The van der Waals surface area contributed by atoms with Crippen LogP contribution in [0.2, 0.25) is 0 Å². The van der Waals surface area contributed by atoms with E-state index >= 15 is 0 Å². The SMILES string of the molecule is O=C(CNC(=O)c1cccc(Oc2ccccc2)c1)Nc1ccc(-n2cccn2)cc1. The smallest absolute Gasteiger partial charge is 0.251 e. The third-order valence-corrected chi connectivity index (χ3v) is 4.40. The summed E-state index contributed by atoms with van der Waals surface area (Å²) >= 11 is 0. The molecule has 0 aliphatic rings. The first-order chi connectivity index (χ1) is 15.2. The number of hydrogen-bond donors (Lipinski definition) is 2. The molecule has 4 aromatic rings. The van der Waals surface area contributed by atoms with E-state index in [0.717, 1.165) is 5.69 Å². The Balaban J connectivity index is 1.30. The molecule has 154 valence electrons. The quantitative estimate of drug-likeness (QED) is 0.480. The Hall–Kier alpha value is -4.39. The van der Waals surface area contributed by atoms with Gasteiger partial charge in [0.2, 0.25) is 5.91 Å². The van der Waals surface area contributed by atoms with Crippen LogP contribution in [0.3, 0.4) is 0 Å².